The molecule has 0 saturated heterocycles. The monoisotopic (exact) mass is 344 g/mol. The van der Waals surface area contributed by atoms with Crippen molar-refractivity contribution in [3.63, 3.8) is 0 Å². The van der Waals surface area contributed by atoms with Crippen molar-refractivity contribution in [1.82, 2.24) is 4.90 Å². The van der Waals surface area contributed by atoms with E-state index in [0.717, 1.165) is 16.5 Å². The zero-order valence-electron chi connectivity index (χ0n) is 12.3. The third-order valence-electron chi connectivity index (χ3n) is 2.81. The summed E-state index contributed by atoms with van der Waals surface area (Å²) in [6.45, 7) is 2.27. The lowest BCUT2D eigenvalue weighted by Gasteiger charge is -2.21. The van der Waals surface area contributed by atoms with Crippen LogP contribution in [-0.4, -0.2) is 44.7 Å². The molecular formula is C14H21BrN2O3. The van der Waals surface area contributed by atoms with Crippen LogP contribution in [0.15, 0.2) is 16.6 Å². The SMILES string of the molecule is COc1cc(CCN)cc(Br)c1OC(C)C(=O)N(C)C. The number of rotatable bonds is 6. The first kappa shape index (κ1) is 16.8. The number of hydrogen-bond acceptors (Lipinski definition) is 4. The van der Waals surface area contributed by atoms with E-state index in [2.05, 4.69) is 15.9 Å². The number of benzene rings is 1. The number of nitrogens with zero attached hydrogens (tertiary/aromatic N) is 1. The van der Waals surface area contributed by atoms with Crippen LogP contribution in [-0.2, 0) is 11.2 Å². The van der Waals surface area contributed by atoms with Crippen molar-refractivity contribution < 1.29 is 14.3 Å². The molecule has 1 unspecified atom stereocenters. The molecule has 0 fully saturated rings. The summed E-state index contributed by atoms with van der Waals surface area (Å²) in [6, 6.07) is 3.80. The number of hydrogen-bond donors (Lipinski definition) is 1. The van der Waals surface area contributed by atoms with E-state index in [0.29, 0.717) is 18.0 Å². The third-order valence-corrected chi connectivity index (χ3v) is 3.39. The van der Waals surface area contributed by atoms with Gasteiger partial charge in [-0.25, -0.2) is 0 Å². The Kier molecular flexibility index (Phi) is 6.29. The standard InChI is InChI=1S/C14H21BrN2O3/c1-9(14(18)17(2)3)20-13-11(15)7-10(5-6-16)8-12(13)19-4/h7-9H,5-6,16H2,1-4H3. The van der Waals surface area contributed by atoms with Crippen molar-refractivity contribution in [2.24, 2.45) is 5.73 Å². The Morgan fingerprint density at radius 3 is 2.60 bits per heavy atom. The minimum atomic E-state index is -0.587. The highest BCUT2D eigenvalue weighted by atomic mass is 79.9. The molecule has 1 amide bonds. The first-order chi connectivity index (χ1) is 9.40. The Labute approximate surface area is 128 Å². The molecule has 2 N–H and O–H groups in total. The first-order valence-electron chi connectivity index (χ1n) is 6.35. The summed E-state index contributed by atoms with van der Waals surface area (Å²) in [6.07, 6.45) is 0.164. The highest BCUT2D eigenvalue weighted by Gasteiger charge is 2.20. The van der Waals surface area contributed by atoms with Gasteiger partial charge in [-0.2, -0.15) is 0 Å². The predicted octanol–water partition coefficient (Wildman–Crippen LogP) is 1.81. The zero-order valence-corrected chi connectivity index (χ0v) is 13.9. The van der Waals surface area contributed by atoms with Crippen molar-refractivity contribution in [2.75, 3.05) is 27.7 Å². The summed E-state index contributed by atoms with van der Waals surface area (Å²) < 4.78 is 11.8. The second kappa shape index (κ2) is 7.50. The molecule has 1 aromatic carbocycles. The Bertz CT molecular complexity index is 478. The predicted molar refractivity (Wildman–Crippen MR) is 82.2 cm³/mol. The van der Waals surface area contributed by atoms with Gasteiger partial charge in [-0.15, -0.1) is 0 Å². The maximum Gasteiger partial charge on any atom is 0.262 e. The number of carbonyl (C=O) groups excluding carboxylic acids is 1. The number of methoxy groups -OCH3 is 1. The molecule has 20 heavy (non-hydrogen) atoms. The first-order valence-corrected chi connectivity index (χ1v) is 7.14. The van der Waals surface area contributed by atoms with Gasteiger partial charge in [-0.3, -0.25) is 4.79 Å². The topological polar surface area (TPSA) is 64.8 Å². The van der Waals surface area contributed by atoms with Gasteiger partial charge in [-0.1, -0.05) is 0 Å². The second-order valence-corrected chi connectivity index (χ2v) is 5.49. The summed E-state index contributed by atoms with van der Waals surface area (Å²) in [5, 5.41) is 0. The van der Waals surface area contributed by atoms with Crippen LogP contribution in [0, 0.1) is 0 Å². The van der Waals surface area contributed by atoms with E-state index in [4.69, 9.17) is 15.2 Å². The van der Waals surface area contributed by atoms with E-state index in [1.807, 2.05) is 12.1 Å². The normalized spacial score (nSPS) is 11.9. The Morgan fingerprint density at radius 1 is 1.45 bits per heavy atom. The summed E-state index contributed by atoms with van der Waals surface area (Å²) >= 11 is 3.45. The van der Waals surface area contributed by atoms with Crippen molar-refractivity contribution >= 4 is 21.8 Å². The van der Waals surface area contributed by atoms with Crippen LogP contribution in [0.2, 0.25) is 0 Å². The molecule has 1 aromatic rings. The summed E-state index contributed by atoms with van der Waals surface area (Å²) in [7, 11) is 4.96. The van der Waals surface area contributed by atoms with Crippen LogP contribution in [0.1, 0.15) is 12.5 Å². The van der Waals surface area contributed by atoms with Gasteiger partial charge in [-0.05, 0) is 53.5 Å². The molecule has 6 heteroatoms. The van der Waals surface area contributed by atoms with E-state index in [9.17, 15) is 4.79 Å². The Morgan fingerprint density at radius 2 is 2.10 bits per heavy atom. The molecule has 0 spiro atoms. The molecule has 5 nitrogen and oxygen atoms in total. The molecule has 1 rings (SSSR count). The van der Waals surface area contributed by atoms with Gasteiger partial charge in [0.1, 0.15) is 0 Å². The van der Waals surface area contributed by atoms with E-state index in [1.54, 1.807) is 28.1 Å². The van der Waals surface area contributed by atoms with Gasteiger partial charge in [0.15, 0.2) is 17.6 Å². The maximum absolute atomic E-state index is 11.9. The smallest absolute Gasteiger partial charge is 0.262 e. The Balaban J connectivity index is 3.02. The van der Waals surface area contributed by atoms with Crippen LogP contribution >= 0.6 is 15.9 Å². The number of likely N-dealkylation sites (N-methyl/N-ethyl adjacent to an activating group) is 1. The van der Waals surface area contributed by atoms with Gasteiger partial charge < -0.3 is 20.1 Å². The van der Waals surface area contributed by atoms with Gasteiger partial charge in [0, 0.05) is 14.1 Å². The fourth-order valence-corrected chi connectivity index (χ4v) is 2.37. The maximum atomic E-state index is 11.9. The summed E-state index contributed by atoms with van der Waals surface area (Å²) in [5.74, 6) is 1.00. The third kappa shape index (κ3) is 4.11. The molecule has 1 atom stereocenters. The molecule has 0 heterocycles. The van der Waals surface area contributed by atoms with Gasteiger partial charge >= 0.3 is 0 Å². The van der Waals surface area contributed by atoms with Gasteiger partial charge in [0.05, 0.1) is 11.6 Å². The molecule has 0 radical (unpaired) electrons. The van der Waals surface area contributed by atoms with Crippen LogP contribution < -0.4 is 15.2 Å². The van der Waals surface area contributed by atoms with Crippen molar-refractivity contribution in [1.29, 1.82) is 0 Å². The zero-order chi connectivity index (χ0) is 15.3. The lowest BCUT2D eigenvalue weighted by atomic mass is 10.1. The minimum absolute atomic E-state index is 0.106. The van der Waals surface area contributed by atoms with E-state index >= 15 is 0 Å². The highest BCUT2D eigenvalue weighted by Crippen LogP contribution is 2.37. The lowest BCUT2D eigenvalue weighted by molar-refractivity contribution is -0.135. The molecular weight excluding hydrogens is 324 g/mol. The van der Waals surface area contributed by atoms with Crippen molar-refractivity contribution in [2.45, 2.75) is 19.4 Å². The van der Waals surface area contributed by atoms with E-state index in [1.165, 1.54) is 4.90 Å². The fourth-order valence-electron chi connectivity index (χ4n) is 1.79. The van der Waals surface area contributed by atoms with Crippen molar-refractivity contribution in [3.05, 3.63) is 22.2 Å². The van der Waals surface area contributed by atoms with Crippen molar-refractivity contribution in [3.8, 4) is 11.5 Å². The average Bonchev–Trinajstić information content (AvgIpc) is 2.40. The number of amides is 1. The number of halogens is 1. The van der Waals surface area contributed by atoms with E-state index < -0.39 is 6.10 Å². The molecule has 0 aliphatic carbocycles. The Hall–Kier alpha value is -1.27. The molecule has 0 saturated carbocycles. The quantitative estimate of drug-likeness (QED) is 0.854. The van der Waals surface area contributed by atoms with Crippen LogP contribution in [0.4, 0.5) is 0 Å². The minimum Gasteiger partial charge on any atom is -0.493 e. The molecule has 0 bridgehead atoms. The molecule has 112 valence electrons. The lowest BCUT2D eigenvalue weighted by Crippen LogP contribution is -2.35. The van der Waals surface area contributed by atoms with Crippen LogP contribution in [0.5, 0.6) is 11.5 Å². The number of ether oxygens (including phenoxy) is 2. The molecule has 0 aliphatic rings. The molecule has 0 aliphatic heterocycles. The average molecular weight is 345 g/mol. The number of carbonyl (C=O) groups is 1. The van der Waals surface area contributed by atoms with Crippen LogP contribution in [0.3, 0.4) is 0 Å². The molecule has 0 aromatic heterocycles. The summed E-state index contributed by atoms with van der Waals surface area (Å²) in [4.78, 5) is 13.3. The van der Waals surface area contributed by atoms with Gasteiger partial charge in [0.25, 0.3) is 5.91 Å². The number of nitrogens with two attached hydrogens (primary N) is 1. The van der Waals surface area contributed by atoms with E-state index in [-0.39, 0.29) is 5.91 Å². The fraction of sp³-hybridized carbons (Fsp3) is 0.500. The second-order valence-electron chi connectivity index (χ2n) is 4.64. The highest BCUT2D eigenvalue weighted by molar-refractivity contribution is 9.10. The van der Waals surface area contributed by atoms with Gasteiger partial charge in [0.2, 0.25) is 0 Å². The largest absolute Gasteiger partial charge is 0.493 e. The summed E-state index contributed by atoms with van der Waals surface area (Å²) in [5.41, 5.74) is 6.61. The van der Waals surface area contributed by atoms with Crippen LogP contribution in [0.25, 0.3) is 0 Å².